The van der Waals surface area contributed by atoms with Crippen molar-refractivity contribution in [1.82, 2.24) is 4.98 Å². The first-order chi connectivity index (χ1) is 9.11. The van der Waals surface area contributed by atoms with Crippen LogP contribution in [-0.2, 0) is 16.0 Å². The number of ether oxygens (including phenoxy) is 1. The first-order valence-electron chi connectivity index (χ1n) is 6.31. The van der Waals surface area contributed by atoms with E-state index < -0.39 is 12.1 Å². The van der Waals surface area contributed by atoms with Crippen molar-refractivity contribution >= 4 is 16.9 Å². The normalized spacial score (nSPS) is 12.4. The summed E-state index contributed by atoms with van der Waals surface area (Å²) in [5, 5.41) is 11.1. The fourth-order valence-electron chi connectivity index (χ4n) is 1.96. The summed E-state index contributed by atoms with van der Waals surface area (Å²) in [6, 6.07) is 9.59. The number of rotatable bonds is 4. The summed E-state index contributed by atoms with van der Waals surface area (Å²) in [7, 11) is 0. The first-order valence-corrected chi connectivity index (χ1v) is 6.31. The maximum atomic E-state index is 10.8. The number of aliphatic hydroxyl groups is 1. The molecule has 0 saturated heterocycles. The van der Waals surface area contributed by atoms with Gasteiger partial charge in [-0.05, 0) is 12.5 Å². The number of esters is 1. The zero-order chi connectivity index (χ0) is 13.8. The standard InChI is InChI=1S/C15H17NO3/c1-3-12-8-7-11-5-4-6-13(15(11)16-12)14(18)9-19-10(2)17/h4-8,14,18H,3,9H2,1-2H3/t14-/m0/s1. The zero-order valence-corrected chi connectivity index (χ0v) is 11.1. The summed E-state index contributed by atoms with van der Waals surface area (Å²) in [5.41, 5.74) is 2.43. The van der Waals surface area contributed by atoms with Gasteiger partial charge in [-0.1, -0.05) is 31.2 Å². The number of aromatic nitrogens is 1. The number of aryl methyl sites for hydroxylation is 1. The van der Waals surface area contributed by atoms with Gasteiger partial charge in [-0.15, -0.1) is 0 Å². The van der Waals surface area contributed by atoms with Crippen LogP contribution < -0.4 is 0 Å². The monoisotopic (exact) mass is 259 g/mol. The van der Waals surface area contributed by atoms with Crippen LogP contribution in [0.15, 0.2) is 30.3 Å². The summed E-state index contributed by atoms with van der Waals surface area (Å²) in [4.78, 5) is 15.3. The fourth-order valence-corrected chi connectivity index (χ4v) is 1.96. The van der Waals surface area contributed by atoms with Gasteiger partial charge >= 0.3 is 5.97 Å². The van der Waals surface area contributed by atoms with Crippen LogP contribution in [0.2, 0.25) is 0 Å². The molecule has 0 spiro atoms. The minimum atomic E-state index is -0.854. The summed E-state index contributed by atoms with van der Waals surface area (Å²) in [6.45, 7) is 3.31. The van der Waals surface area contributed by atoms with Crippen molar-refractivity contribution in [2.75, 3.05) is 6.61 Å². The molecule has 4 heteroatoms. The van der Waals surface area contributed by atoms with E-state index in [9.17, 15) is 9.90 Å². The molecule has 0 amide bonds. The molecule has 0 aliphatic carbocycles. The molecule has 1 aromatic carbocycles. The van der Waals surface area contributed by atoms with E-state index in [1.54, 1.807) is 0 Å². The third kappa shape index (κ3) is 3.09. The summed E-state index contributed by atoms with van der Waals surface area (Å²) in [5.74, 6) is -0.401. The van der Waals surface area contributed by atoms with E-state index in [0.29, 0.717) is 5.56 Å². The number of nitrogens with zero attached hydrogens (tertiary/aromatic N) is 1. The van der Waals surface area contributed by atoms with Gasteiger partial charge in [-0.2, -0.15) is 0 Å². The van der Waals surface area contributed by atoms with Crippen LogP contribution in [0.4, 0.5) is 0 Å². The fraction of sp³-hybridized carbons (Fsp3) is 0.333. The SMILES string of the molecule is CCc1ccc2cccc([C@@H](O)COC(C)=O)c2n1. The highest BCUT2D eigenvalue weighted by Gasteiger charge is 2.13. The number of aliphatic hydroxyl groups excluding tert-OH is 1. The molecule has 0 fully saturated rings. The van der Waals surface area contributed by atoms with Gasteiger partial charge in [-0.3, -0.25) is 9.78 Å². The molecule has 0 aliphatic heterocycles. The molecule has 0 aliphatic rings. The second-order valence-electron chi connectivity index (χ2n) is 4.39. The van der Waals surface area contributed by atoms with Crippen LogP contribution in [0.3, 0.4) is 0 Å². The van der Waals surface area contributed by atoms with Crippen LogP contribution in [0.1, 0.15) is 31.2 Å². The quantitative estimate of drug-likeness (QED) is 0.856. The van der Waals surface area contributed by atoms with Crippen LogP contribution >= 0.6 is 0 Å². The third-order valence-corrected chi connectivity index (χ3v) is 2.97. The Labute approximate surface area is 112 Å². The molecular formula is C15H17NO3. The number of benzene rings is 1. The maximum Gasteiger partial charge on any atom is 0.302 e. The van der Waals surface area contributed by atoms with Crippen molar-refractivity contribution in [2.45, 2.75) is 26.4 Å². The number of hydrogen-bond acceptors (Lipinski definition) is 4. The first kappa shape index (κ1) is 13.5. The number of hydrogen-bond donors (Lipinski definition) is 1. The molecule has 2 aromatic rings. The Morgan fingerprint density at radius 2 is 2.16 bits per heavy atom. The van der Waals surface area contributed by atoms with Gasteiger partial charge in [0.15, 0.2) is 0 Å². The van der Waals surface area contributed by atoms with Gasteiger partial charge in [0.05, 0.1) is 5.52 Å². The van der Waals surface area contributed by atoms with E-state index >= 15 is 0 Å². The smallest absolute Gasteiger partial charge is 0.302 e. The van der Waals surface area contributed by atoms with Crippen molar-refractivity contribution in [2.24, 2.45) is 0 Å². The summed E-state index contributed by atoms with van der Waals surface area (Å²) < 4.78 is 4.85. The Morgan fingerprint density at radius 1 is 1.37 bits per heavy atom. The Morgan fingerprint density at radius 3 is 2.84 bits per heavy atom. The lowest BCUT2D eigenvalue weighted by Gasteiger charge is -2.13. The molecule has 4 nitrogen and oxygen atoms in total. The molecule has 1 aromatic heterocycles. The second kappa shape index (κ2) is 5.80. The van der Waals surface area contributed by atoms with Crippen molar-refractivity contribution in [3.63, 3.8) is 0 Å². The Balaban J connectivity index is 2.38. The molecule has 0 unspecified atom stereocenters. The minimum Gasteiger partial charge on any atom is -0.463 e. The summed E-state index contributed by atoms with van der Waals surface area (Å²) in [6.07, 6.45) is -0.0168. The predicted octanol–water partition coefficient (Wildman–Crippen LogP) is 2.39. The van der Waals surface area contributed by atoms with E-state index in [1.807, 2.05) is 37.3 Å². The second-order valence-corrected chi connectivity index (χ2v) is 4.39. The van der Waals surface area contributed by atoms with Gasteiger partial charge in [0, 0.05) is 23.6 Å². The van der Waals surface area contributed by atoms with E-state index in [4.69, 9.17) is 4.74 Å². The van der Waals surface area contributed by atoms with Crippen LogP contribution in [0, 0.1) is 0 Å². The highest BCUT2D eigenvalue weighted by atomic mass is 16.5. The molecule has 1 heterocycles. The molecule has 1 N–H and O–H groups in total. The van der Waals surface area contributed by atoms with Crippen molar-refractivity contribution < 1.29 is 14.6 Å². The van der Waals surface area contributed by atoms with Gasteiger partial charge in [0.2, 0.25) is 0 Å². The number of pyridine rings is 1. The van der Waals surface area contributed by atoms with Crippen LogP contribution in [-0.4, -0.2) is 22.7 Å². The molecule has 0 saturated carbocycles. The van der Waals surface area contributed by atoms with E-state index in [1.165, 1.54) is 6.92 Å². The zero-order valence-electron chi connectivity index (χ0n) is 11.1. The van der Waals surface area contributed by atoms with Gasteiger partial charge in [-0.25, -0.2) is 0 Å². The largest absolute Gasteiger partial charge is 0.463 e. The Bertz CT molecular complexity index is 595. The number of fused-ring (bicyclic) bond motifs is 1. The highest BCUT2D eigenvalue weighted by Crippen LogP contribution is 2.23. The highest BCUT2D eigenvalue weighted by molar-refractivity contribution is 5.82. The van der Waals surface area contributed by atoms with Gasteiger partial charge in [0.1, 0.15) is 12.7 Å². The number of carbonyl (C=O) groups excluding carboxylic acids is 1. The number of para-hydroxylation sites is 1. The van der Waals surface area contributed by atoms with E-state index in [0.717, 1.165) is 23.0 Å². The van der Waals surface area contributed by atoms with E-state index in [2.05, 4.69) is 4.98 Å². The van der Waals surface area contributed by atoms with Gasteiger partial charge < -0.3 is 9.84 Å². The molecule has 100 valence electrons. The maximum absolute atomic E-state index is 10.8. The molecular weight excluding hydrogens is 242 g/mol. The van der Waals surface area contributed by atoms with Crippen molar-refractivity contribution in [3.8, 4) is 0 Å². The number of carbonyl (C=O) groups is 1. The lowest BCUT2D eigenvalue weighted by Crippen LogP contribution is -2.11. The lowest BCUT2D eigenvalue weighted by molar-refractivity contribution is -0.144. The lowest BCUT2D eigenvalue weighted by atomic mass is 10.0. The predicted molar refractivity (Wildman–Crippen MR) is 72.7 cm³/mol. The third-order valence-electron chi connectivity index (χ3n) is 2.97. The molecule has 0 radical (unpaired) electrons. The Hall–Kier alpha value is -1.94. The molecule has 1 atom stereocenters. The molecule has 19 heavy (non-hydrogen) atoms. The van der Waals surface area contributed by atoms with E-state index in [-0.39, 0.29) is 6.61 Å². The average Bonchev–Trinajstić information content (AvgIpc) is 2.43. The average molecular weight is 259 g/mol. The minimum absolute atomic E-state index is 0.0491. The summed E-state index contributed by atoms with van der Waals surface area (Å²) >= 11 is 0. The van der Waals surface area contributed by atoms with Crippen molar-refractivity contribution in [3.05, 3.63) is 41.6 Å². The topological polar surface area (TPSA) is 59.4 Å². The Kier molecular flexibility index (Phi) is 4.12. The van der Waals surface area contributed by atoms with Crippen LogP contribution in [0.25, 0.3) is 10.9 Å². The van der Waals surface area contributed by atoms with Crippen LogP contribution in [0.5, 0.6) is 0 Å². The molecule has 0 bridgehead atoms. The molecule has 2 rings (SSSR count). The van der Waals surface area contributed by atoms with Gasteiger partial charge in [0.25, 0.3) is 0 Å². The van der Waals surface area contributed by atoms with Crippen molar-refractivity contribution in [1.29, 1.82) is 0 Å².